The summed E-state index contributed by atoms with van der Waals surface area (Å²) in [5.41, 5.74) is 3.07. The van der Waals surface area contributed by atoms with Gasteiger partial charge in [0.1, 0.15) is 0 Å². The van der Waals surface area contributed by atoms with Crippen LogP contribution in [0.4, 0.5) is 11.4 Å². The number of nitro groups is 1. The highest BCUT2D eigenvalue weighted by atomic mass is 16.7. The van der Waals surface area contributed by atoms with E-state index in [2.05, 4.69) is 11.0 Å². The van der Waals surface area contributed by atoms with E-state index in [1.807, 2.05) is 24.3 Å². The Morgan fingerprint density at radius 2 is 2.00 bits per heavy atom. The topological polar surface area (TPSA) is 64.8 Å². The molecule has 124 valence electrons. The van der Waals surface area contributed by atoms with Crippen LogP contribution >= 0.6 is 0 Å². The minimum atomic E-state index is -0.335. The fraction of sp³-hybridized carbons (Fsp3) is 0.333. The molecule has 1 atom stereocenters. The van der Waals surface area contributed by atoms with Gasteiger partial charge in [-0.3, -0.25) is 10.1 Å². The summed E-state index contributed by atoms with van der Waals surface area (Å²) in [5, 5.41) is 11.0. The molecular weight excluding hydrogens is 308 g/mol. The number of hydrogen-bond acceptors (Lipinski definition) is 5. The molecule has 2 heterocycles. The Kier molecular flexibility index (Phi) is 3.52. The van der Waals surface area contributed by atoms with Crippen molar-refractivity contribution in [3.63, 3.8) is 0 Å². The summed E-state index contributed by atoms with van der Waals surface area (Å²) in [7, 11) is 0. The molecule has 1 saturated heterocycles. The smallest absolute Gasteiger partial charge is 0.272 e. The van der Waals surface area contributed by atoms with E-state index in [0.29, 0.717) is 5.56 Å². The molecular formula is C18H18N2O4. The first-order valence-electron chi connectivity index (χ1n) is 8.05. The average molecular weight is 326 g/mol. The summed E-state index contributed by atoms with van der Waals surface area (Å²) in [5.74, 6) is 1.58. The van der Waals surface area contributed by atoms with E-state index in [0.717, 1.165) is 36.6 Å². The van der Waals surface area contributed by atoms with E-state index in [-0.39, 0.29) is 23.4 Å². The third-order valence-corrected chi connectivity index (χ3v) is 4.74. The van der Waals surface area contributed by atoms with Crippen molar-refractivity contribution in [2.75, 3.05) is 18.2 Å². The number of nitro benzene ring substituents is 1. The van der Waals surface area contributed by atoms with Gasteiger partial charge in [0.25, 0.3) is 5.69 Å². The van der Waals surface area contributed by atoms with Gasteiger partial charge in [0.05, 0.1) is 11.0 Å². The molecule has 0 bridgehead atoms. The molecule has 0 amide bonds. The Labute approximate surface area is 139 Å². The maximum atomic E-state index is 11.0. The minimum Gasteiger partial charge on any atom is -0.454 e. The lowest BCUT2D eigenvalue weighted by atomic mass is 10.0. The van der Waals surface area contributed by atoms with Gasteiger partial charge in [-0.05, 0) is 49.6 Å². The molecule has 1 unspecified atom stereocenters. The second-order valence-corrected chi connectivity index (χ2v) is 6.19. The Bertz CT molecular complexity index is 806. The zero-order valence-corrected chi connectivity index (χ0v) is 13.4. The van der Waals surface area contributed by atoms with Gasteiger partial charge in [0, 0.05) is 23.9 Å². The van der Waals surface area contributed by atoms with Crippen molar-refractivity contribution in [3.8, 4) is 11.5 Å². The SMILES string of the molecule is Cc1cc(N2CCCC2c2ccc3c(c2)OCO3)ccc1[N+](=O)[O-]. The quantitative estimate of drug-likeness (QED) is 0.630. The van der Waals surface area contributed by atoms with Crippen LogP contribution < -0.4 is 14.4 Å². The molecule has 2 aliphatic heterocycles. The molecule has 6 nitrogen and oxygen atoms in total. The van der Waals surface area contributed by atoms with E-state index < -0.39 is 0 Å². The van der Waals surface area contributed by atoms with Gasteiger partial charge in [0.15, 0.2) is 11.5 Å². The third kappa shape index (κ3) is 2.44. The van der Waals surface area contributed by atoms with Gasteiger partial charge in [0.2, 0.25) is 6.79 Å². The molecule has 2 aliphatic rings. The second kappa shape index (κ2) is 5.70. The van der Waals surface area contributed by atoms with Crippen molar-refractivity contribution < 1.29 is 14.4 Å². The van der Waals surface area contributed by atoms with E-state index in [4.69, 9.17) is 9.47 Å². The van der Waals surface area contributed by atoms with Crippen molar-refractivity contribution in [1.82, 2.24) is 0 Å². The van der Waals surface area contributed by atoms with Crippen LogP contribution in [-0.2, 0) is 0 Å². The predicted octanol–water partition coefficient (Wildman–Crippen LogP) is 3.97. The summed E-state index contributed by atoms with van der Waals surface area (Å²) >= 11 is 0. The van der Waals surface area contributed by atoms with Crippen molar-refractivity contribution in [1.29, 1.82) is 0 Å². The Balaban J connectivity index is 1.65. The van der Waals surface area contributed by atoms with Crippen LogP contribution in [0.2, 0.25) is 0 Å². The van der Waals surface area contributed by atoms with Crippen molar-refractivity contribution in [3.05, 3.63) is 57.6 Å². The minimum absolute atomic E-state index is 0.164. The fourth-order valence-corrected chi connectivity index (χ4v) is 3.57. The lowest BCUT2D eigenvalue weighted by molar-refractivity contribution is -0.385. The molecule has 2 aromatic rings. The third-order valence-electron chi connectivity index (χ3n) is 4.74. The fourth-order valence-electron chi connectivity index (χ4n) is 3.57. The Morgan fingerprint density at radius 3 is 2.79 bits per heavy atom. The molecule has 0 radical (unpaired) electrons. The summed E-state index contributed by atoms with van der Waals surface area (Å²) in [4.78, 5) is 13.0. The van der Waals surface area contributed by atoms with Crippen LogP contribution in [0.5, 0.6) is 11.5 Å². The zero-order valence-electron chi connectivity index (χ0n) is 13.4. The molecule has 0 aliphatic carbocycles. The lowest BCUT2D eigenvalue weighted by Gasteiger charge is -2.27. The van der Waals surface area contributed by atoms with Crippen LogP contribution in [0.1, 0.15) is 30.0 Å². The molecule has 6 heteroatoms. The van der Waals surface area contributed by atoms with Gasteiger partial charge in [-0.25, -0.2) is 0 Å². The maximum absolute atomic E-state index is 11.0. The highest BCUT2D eigenvalue weighted by molar-refractivity contribution is 5.58. The molecule has 2 aromatic carbocycles. The van der Waals surface area contributed by atoms with E-state index >= 15 is 0 Å². The number of rotatable bonds is 3. The normalized spacial score (nSPS) is 18.9. The number of aryl methyl sites for hydroxylation is 1. The van der Waals surface area contributed by atoms with Crippen molar-refractivity contribution in [2.45, 2.75) is 25.8 Å². The van der Waals surface area contributed by atoms with Crippen LogP contribution in [0, 0.1) is 17.0 Å². The Hall–Kier alpha value is -2.76. The molecule has 0 N–H and O–H groups in total. The van der Waals surface area contributed by atoms with Gasteiger partial charge < -0.3 is 14.4 Å². The molecule has 0 saturated carbocycles. The number of nitrogens with zero attached hydrogens (tertiary/aromatic N) is 2. The van der Waals surface area contributed by atoms with Crippen LogP contribution in [0.3, 0.4) is 0 Å². The van der Waals surface area contributed by atoms with Gasteiger partial charge in [-0.2, -0.15) is 0 Å². The van der Waals surface area contributed by atoms with Crippen molar-refractivity contribution >= 4 is 11.4 Å². The van der Waals surface area contributed by atoms with E-state index in [1.165, 1.54) is 5.56 Å². The molecule has 0 spiro atoms. The molecule has 24 heavy (non-hydrogen) atoms. The number of fused-ring (bicyclic) bond motifs is 1. The Morgan fingerprint density at radius 1 is 1.17 bits per heavy atom. The number of benzene rings is 2. The van der Waals surface area contributed by atoms with Gasteiger partial charge in [-0.1, -0.05) is 6.07 Å². The highest BCUT2D eigenvalue weighted by Gasteiger charge is 2.28. The lowest BCUT2D eigenvalue weighted by Crippen LogP contribution is -2.22. The first-order chi connectivity index (χ1) is 11.6. The summed E-state index contributed by atoms with van der Waals surface area (Å²) in [6.07, 6.45) is 2.14. The monoisotopic (exact) mass is 326 g/mol. The summed E-state index contributed by atoms with van der Waals surface area (Å²) < 4.78 is 10.9. The predicted molar refractivity (Wildman–Crippen MR) is 89.7 cm³/mol. The van der Waals surface area contributed by atoms with Gasteiger partial charge >= 0.3 is 0 Å². The van der Waals surface area contributed by atoms with Crippen LogP contribution in [0.15, 0.2) is 36.4 Å². The first kappa shape index (κ1) is 14.8. The van der Waals surface area contributed by atoms with Gasteiger partial charge in [-0.15, -0.1) is 0 Å². The summed E-state index contributed by atoms with van der Waals surface area (Å²) in [6.45, 7) is 3.00. The second-order valence-electron chi connectivity index (χ2n) is 6.19. The van der Waals surface area contributed by atoms with E-state index in [9.17, 15) is 10.1 Å². The van der Waals surface area contributed by atoms with Crippen molar-refractivity contribution in [2.24, 2.45) is 0 Å². The zero-order chi connectivity index (χ0) is 16.7. The number of hydrogen-bond donors (Lipinski definition) is 0. The first-order valence-corrected chi connectivity index (χ1v) is 8.05. The van der Waals surface area contributed by atoms with Crippen LogP contribution in [-0.4, -0.2) is 18.3 Å². The molecule has 1 fully saturated rings. The maximum Gasteiger partial charge on any atom is 0.272 e. The van der Waals surface area contributed by atoms with E-state index in [1.54, 1.807) is 13.0 Å². The largest absolute Gasteiger partial charge is 0.454 e. The molecule has 4 rings (SSSR count). The van der Waals surface area contributed by atoms with Crippen LogP contribution in [0.25, 0.3) is 0 Å². The number of ether oxygens (including phenoxy) is 2. The highest BCUT2D eigenvalue weighted by Crippen LogP contribution is 2.41. The standard InChI is InChI=1S/C18H18N2O4/c1-12-9-14(5-6-15(12)20(21)22)19-8-2-3-16(19)13-4-7-17-18(10-13)24-11-23-17/h4-7,9-10,16H,2-3,8,11H2,1H3. The number of anilines is 1. The summed E-state index contributed by atoms with van der Waals surface area (Å²) in [6, 6.07) is 11.7. The molecule has 0 aromatic heterocycles. The average Bonchev–Trinajstić information content (AvgIpc) is 3.22.